The number of hydrogen-bond acceptors (Lipinski definition) is 3. The highest BCUT2D eigenvalue weighted by Crippen LogP contribution is 2.45. The zero-order valence-electron chi connectivity index (χ0n) is 15.0. The van der Waals surface area contributed by atoms with Crippen LogP contribution in [0.15, 0.2) is 6.20 Å². The minimum atomic E-state index is -0.759. The van der Waals surface area contributed by atoms with Gasteiger partial charge < -0.3 is 10.0 Å². The van der Waals surface area contributed by atoms with Gasteiger partial charge in [-0.2, -0.15) is 5.10 Å². The van der Waals surface area contributed by atoms with Crippen LogP contribution in [-0.2, 0) is 11.3 Å². The molecule has 0 unspecified atom stereocenters. The van der Waals surface area contributed by atoms with Crippen molar-refractivity contribution in [2.75, 3.05) is 13.1 Å². The maximum Gasteiger partial charge on any atom is 0.308 e. The summed E-state index contributed by atoms with van der Waals surface area (Å²) in [6.07, 6.45) is 6.16. The van der Waals surface area contributed by atoms with Crippen LogP contribution in [0.4, 0.5) is 0 Å². The standard InChI is InChI=1S/C19H27N3O3/c1-11(2)8-22-17(13-5-6-13)14(7-20-22)18(23)21-9-15(12-3-4-12)16(10-21)19(24)25/h7,11-13,15-16H,3-6,8-10H2,1-2H3,(H,24,25)/t15-,16+/m1/s1. The first-order valence-corrected chi connectivity index (χ1v) is 9.53. The van der Waals surface area contributed by atoms with E-state index >= 15 is 0 Å². The fourth-order valence-electron chi connectivity index (χ4n) is 4.27. The van der Waals surface area contributed by atoms with E-state index in [2.05, 4.69) is 18.9 Å². The summed E-state index contributed by atoms with van der Waals surface area (Å²) in [5, 5.41) is 14.0. The van der Waals surface area contributed by atoms with Crippen molar-refractivity contribution < 1.29 is 14.7 Å². The van der Waals surface area contributed by atoms with E-state index < -0.39 is 11.9 Å². The summed E-state index contributed by atoms with van der Waals surface area (Å²) >= 11 is 0. The number of nitrogens with zero attached hydrogens (tertiary/aromatic N) is 3. The Morgan fingerprint density at radius 3 is 2.52 bits per heavy atom. The number of aliphatic carboxylic acids is 1. The van der Waals surface area contributed by atoms with E-state index in [1.54, 1.807) is 11.1 Å². The highest BCUT2D eigenvalue weighted by Gasteiger charge is 2.47. The van der Waals surface area contributed by atoms with Gasteiger partial charge in [-0.25, -0.2) is 0 Å². The molecule has 0 bridgehead atoms. The molecule has 1 aromatic rings. The minimum absolute atomic E-state index is 0.0219. The topological polar surface area (TPSA) is 75.4 Å². The van der Waals surface area contributed by atoms with Crippen molar-refractivity contribution in [3.8, 4) is 0 Å². The number of carbonyl (C=O) groups is 2. The second-order valence-corrected chi connectivity index (χ2v) is 8.45. The molecular formula is C19H27N3O3. The molecule has 2 heterocycles. The maximum absolute atomic E-state index is 13.1. The first-order valence-electron chi connectivity index (χ1n) is 9.53. The molecule has 0 spiro atoms. The third-order valence-corrected chi connectivity index (χ3v) is 5.81. The van der Waals surface area contributed by atoms with Gasteiger partial charge in [0.05, 0.1) is 23.4 Å². The van der Waals surface area contributed by atoms with Crippen molar-refractivity contribution in [2.45, 2.75) is 52.0 Å². The third-order valence-electron chi connectivity index (χ3n) is 5.81. The van der Waals surface area contributed by atoms with Crippen molar-refractivity contribution in [2.24, 2.45) is 23.7 Å². The lowest BCUT2D eigenvalue weighted by atomic mass is 9.92. The normalized spacial score (nSPS) is 26.4. The van der Waals surface area contributed by atoms with Crippen molar-refractivity contribution in [3.63, 3.8) is 0 Å². The Labute approximate surface area is 148 Å². The summed E-state index contributed by atoms with van der Waals surface area (Å²) in [5.74, 6) is 0.338. The van der Waals surface area contributed by atoms with Crippen LogP contribution in [0.25, 0.3) is 0 Å². The molecule has 4 rings (SSSR count). The maximum atomic E-state index is 13.1. The van der Waals surface area contributed by atoms with Gasteiger partial charge in [-0.15, -0.1) is 0 Å². The van der Waals surface area contributed by atoms with Gasteiger partial charge in [0.2, 0.25) is 0 Å². The smallest absolute Gasteiger partial charge is 0.308 e. The fourth-order valence-corrected chi connectivity index (χ4v) is 4.27. The fraction of sp³-hybridized carbons (Fsp3) is 0.737. The van der Waals surface area contributed by atoms with Gasteiger partial charge in [-0.05, 0) is 43.4 Å². The second kappa shape index (κ2) is 6.15. The predicted octanol–water partition coefficient (Wildman–Crippen LogP) is 2.60. The second-order valence-electron chi connectivity index (χ2n) is 8.45. The van der Waals surface area contributed by atoms with Crippen LogP contribution >= 0.6 is 0 Å². The Morgan fingerprint density at radius 2 is 1.96 bits per heavy atom. The molecule has 2 aliphatic carbocycles. The Kier molecular flexibility index (Phi) is 4.08. The van der Waals surface area contributed by atoms with Gasteiger partial charge >= 0.3 is 5.97 Å². The molecule has 3 fully saturated rings. The number of aromatic nitrogens is 2. The van der Waals surface area contributed by atoms with Gasteiger partial charge in [0.15, 0.2) is 0 Å². The van der Waals surface area contributed by atoms with Crippen LogP contribution < -0.4 is 0 Å². The van der Waals surface area contributed by atoms with E-state index in [0.29, 0.717) is 36.4 Å². The van der Waals surface area contributed by atoms with Crippen LogP contribution in [0.1, 0.15) is 61.5 Å². The van der Waals surface area contributed by atoms with E-state index in [4.69, 9.17) is 0 Å². The predicted molar refractivity (Wildman–Crippen MR) is 92.3 cm³/mol. The quantitative estimate of drug-likeness (QED) is 0.860. The molecular weight excluding hydrogens is 318 g/mol. The zero-order chi connectivity index (χ0) is 17.7. The monoisotopic (exact) mass is 345 g/mol. The number of carboxylic acids is 1. The van der Waals surface area contributed by atoms with Crippen LogP contribution in [0, 0.1) is 23.7 Å². The Hall–Kier alpha value is -1.85. The number of carbonyl (C=O) groups excluding carboxylic acids is 1. The summed E-state index contributed by atoms with van der Waals surface area (Å²) in [6, 6.07) is 0. The molecule has 2 atom stereocenters. The van der Waals surface area contributed by atoms with Crippen LogP contribution in [0.5, 0.6) is 0 Å². The summed E-state index contributed by atoms with van der Waals surface area (Å²) in [6.45, 7) is 6.05. The van der Waals surface area contributed by atoms with Crippen molar-refractivity contribution >= 4 is 11.9 Å². The number of carboxylic acid groups (broad SMARTS) is 1. The molecule has 1 saturated heterocycles. The number of amides is 1. The molecule has 1 amide bonds. The molecule has 6 heteroatoms. The third kappa shape index (κ3) is 3.18. The largest absolute Gasteiger partial charge is 0.481 e. The molecule has 3 aliphatic rings. The molecule has 2 saturated carbocycles. The highest BCUT2D eigenvalue weighted by atomic mass is 16.4. The minimum Gasteiger partial charge on any atom is -0.481 e. The van der Waals surface area contributed by atoms with Crippen molar-refractivity contribution in [1.82, 2.24) is 14.7 Å². The molecule has 0 aromatic carbocycles. The van der Waals surface area contributed by atoms with E-state index in [0.717, 1.165) is 37.9 Å². The molecule has 0 radical (unpaired) electrons. The number of likely N-dealkylation sites (tertiary alicyclic amines) is 1. The lowest BCUT2D eigenvalue weighted by Gasteiger charge is -2.17. The average Bonchev–Trinajstić information content (AvgIpc) is 3.48. The van der Waals surface area contributed by atoms with Gasteiger partial charge in [0.25, 0.3) is 5.91 Å². The zero-order valence-corrected chi connectivity index (χ0v) is 15.0. The lowest BCUT2D eigenvalue weighted by Crippen LogP contribution is -2.30. The summed E-state index contributed by atoms with van der Waals surface area (Å²) in [4.78, 5) is 26.5. The van der Waals surface area contributed by atoms with Crippen LogP contribution in [0.2, 0.25) is 0 Å². The number of hydrogen-bond donors (Lipinski definition) is 1. The first kappa shape index (κ1) is 16.6. The number of rotatable bonds is 6. The van der Waals surface area contributed by atoms with Gasteiger partial charge in [0, 0.05) is 25.6 Å². The van der Waals surface area contributed by atoms with Crippen molar-refractivity contribution in [3.05, 3.63) is 17.5 Å². The van der Waals surface area contributed by atoms with Crippen LogP contribution in [0.3, 0.4) is 0 Å². The van der Waals surface area contributed by atoms with Gasteiger partial charge in [0.1, 0.15) is 0 Å². The summed E-state index contributed by atoms with van der Waals surface area (Å²) in [7, 11) is 0. The molecule has 25 heavy (non-hydrogen) atoms. The van der Waals surface area contributed by atoms with E-state index in [1.807, 2.05) is 4.68 Å². The molecule has 6 nitrogen and oxygen atoms in total. The van der Waals surface area contributed by atoms with E-state index in [1.165, 1.54) is 0 Å². The van der Waals surface area contributed by atoms with Crippen molar-refractivity contribution in [1.29, 1.82) is 0 Å². The SMILES string of the molecule is CC(C)Cn1ncc(C(=O)N2C[C@H](C(=O)O)[C@@H](C3CC3)C2)c1C1CC1. The lowest BCUT2D eigenvalue weighted by molar-refractivity contribution is -0.142. The molecule has 1 aromatic heterocycles. The molecule has 1 aliphatic heterocycles. The van der Waals surface area contributed by atoms with Crippen LogP contribution in [-0.4, -0.2) is 44.8 Å². The van der Waals surface area contributed by atoms with Gasteiger partial charge in [-0.1, -0.05) is 13.8 Å². The Balaban J connectivity index is 1.57. The van der Waals surface area contributed by atoms with E-state index in [-0.39, 0.29) is 11.8 Å². The van der Waals surface area contributed by atoms with Gasteiger partial charge in [-0.3, -0.25) is 14.3 Å². The Morgan fingerprint density at radius 1 is 1.24 bits per heavy atom. The van der Waals surface area contributed by atoms with E-state index in [9.17, 15) is 14.7 Å². The summed E-state index contributed by atoms with van der Waals surface area (Å²) < 4.78 is 2.00. The average molecular weight is 345 g/mol. The Bertz CT molecular complexity index is 688. The first-order chi connectivity index (χ1) is 12.0. The molecule has 1 N–H and O–H groups in total. The molecule has 136 valence electrons. The summed E-state index contributed by atoms with van der Waals surface area (Å²) in [5.41, 5.74) is 1.77. The highest BCUT2D eigenvalue weighted by molar-refractivity contribution is 5.96.